The number of carboxylic acid groups (broad SMARTS) is 1. The first-order valence-corrected chi connectivity index (χ1v) is 15.4. The average Bonchev–Trinajstić information content (AvgIpc) is 3.66. The molecule has 0 saturated carbocycles. The van der Waals surface area contributed by atoms with Gasteiger partial charge in [0.05, 0.1) is 11.3 Å². The molecule has 3 aromatic heterocycles. The Hall–Kier alpha value is -3.71. The lowest BCUT2D eigenvalue weighted by molar-refractivity contribution is -0.140. The molecule has 1 fully saturated rings. The number of alkyl halides is 1. The highest BCUT2D eigenvalue weighted by Gasteiger charge is 2.33. The Morgan fingerprint density at radius 3 is 2.69 bits per heavy atom. The van der Waals surface area contributed by atoms with E-state index in [1.807, 2.05) is 4.72 Å². The number of nitrogens with zero attached hydrogens (tertiary/aromatic N) is 3. The first-order valence-electron chi connectivity index (χ1n) is 12.8. The first-order chi connectivity index (χ1) is 19.9. The van der Waals surface area contributed by atoms with Crippen molar-refractivity contribution in [2.24, 2.45) is 5.92 Å². The molecule has 4 aromatic rings. The van der Waals surface area contributed by atoms with E-state index in [0.717, 1.165) is 16.4 Å². The van der Waals surface area contributed by atoms with E-state index >= 15 is 4.39 Å². The molecular weight excluding hydrogens is 594 g/mol. The first kappa shape index (κ1) is 29.8. The molecule has 0 aliphatic carbocycles. The zero-order chi connectivity index (χ0) is 30.3. The number of carbonyl (C=O) groups excluding carboxylic acids is 1. The van der Waals surface area contributed by atoms with Gasteiger partial charge >= 0.3 is 31.4 Å². The van der Waals surface area contributed by atoms with Crippen molar-refractivity contribution in [3.8, 4) is 0 Å². The SMILES string of the molecule is CC(C)C(C(=O)O)c1c[c]([Al][c]2cnc3[nH]cc(C(=O)c4c(F)ccc(NS(=O)(=O)N5CC[C@@H](F)C5)c4F)c3c2)no1. The smallest absolute Gasteiger partial charge is 0.338 e. The van der Waals surface area contributed by atoms with E-state index in [-0.39, 0.29) is 41.2 Å². The summed E-state index contributed by atoms with van der Waals surface area (Å²) in [5.74, 6) is -5.62. The maximum atomic E-state index is 15.5. The van der Waals surface area contributed by atoms with Gasteiger partial charge in [0.25, 0.3) is 0 Å². The Bertz CT molecular complexity index is 1790. The molecule has 16 heteroatoms. The number of halogens is 3. The number of aliphatic carboxylic acids is 1. The number of rotatable bonds is 10. The summed E-state index contributed by atoms with van der Waals surface area (Å²) >= 11 is -0.752. The van der Waals surface area contributed by atoms with Crippen LogP contribution in [0.4, 0.5) is 18.9 Å². The normalized spacial score (nSPS) is 16.7. The van der Waals surface area contributed by atoms with Gasteiger partial charge in [-0.3, -0.25) is 14.3 Å². The Kier molecular flexibility index (Phi) is 8.17. The molecule has 0 spiro atoms. The Balaban J connectivity index is 1.43. The van der Waals surface area contributed by atoms with Gasteiger partial charge in [-0.2, -0.15) is 12.7 Å². The zero-order valence-electron chi connectivity index (χ0n) is 22.3. The molecule has 2 atom stereocenters. The molecule has 1 saturated heterocycles. The van der Waals surface area contributed by atoms with Gasteiger partial charge in [-0.1, -0.05) is 24.3 Å². The second kappa shape index (κ2) is 11.5. The van der Waals surface area contributed by atoms with Crippen LogP contribution in [0.3, 0.4) is 0 Å². The highest BCUT2D eigenvalue weighted by molar-refractivity contribution is 7.90. The van der Waals surface area contributed by atoms with E-state index in [4.69, 9.17) is 4.52 Å². The van der Waals surface area contributed by atoms with Crippen LogP contribution in [0.2, 0.25) is 0 Å². The van der Waals surface area contributed by atoms with Crippen LogP contribution >= 0.6 is 0 Å². The van der Waals surface area contributed by atoms with E-state index in [9.17, 15) is 31.9 Å². The van der Waals surface area contributed by atoms with E-state index in [1.165, 1.54) is 12.4 Å². The summed E-state index contributed by atoms with van der Waals surface area (Å²) in [5, 5.41) is 13.7. The summed E-state index contributed by atoms with van der Waals surface area (Å²) in [6.07, 6.45) is 1.42. The number of hydrogen-bond acceptors (Lipinski definition) is 7. The summed E-state index contributed by atoms with van der Waals surface area (Å²) < 4.78 is 78.2. The zero-order valence-corrected chi connectivity index (χ0v) is 24.2. The summed E-state index contributed by atoms with van der Waals surface area (Å²) in [5.41, 5.74) is -1.48. The standard InChI is InChI=1S/C18H14F3N4O3S.C8H10NO3.Al/c19-10-5-7-25(9-10)29(27,28)24-14-4-3-13(20)15(16(14)21)17(26)12-8-23-18-11(12)2-1-6-22-18;1-5(2)7(8(10)11)6-3-4-9-12-6;/h2-4,6,8,10,24H,5,7,9H2,(H,22,23);3,5,7H,1-2H3,(H,10,11);/t10-;;/m1../s1. The van der Waals surface area contributed by atoms with Gasteiger partial charge in [-0.15, -0.1) is 5.16 Å². The third-order valence-electron chi connectivity index (χ3n) is 6.89. The third kappa shape index (κ3) is 5.80. The van der Waals surface area contributed by atoms with Gasteiger partial charge in [-0.05, 0) is 30.5 Å². The number of pyridine rings is 1. The van der Waals surface area contributed by atoms with Crippen molar-refractivity contribution in [3.63, 3.8) is 0 Å². The second-order valence-electron chi connectivity index (χ2n) is 10.2. The van der Waals surface area contributed by atoms with Crippen molar-refractivity contribution in [3.05, 3.63) is 65.2 Å². The van der Waals surface area contributed by atoms with Gasteiger partial charge in [-0.25, -0.2) is 18.2 Å². The molecule has 1 aliphatic heterocycles. The summed E-state index contributed by atoms with van der Waals surface area (Å²) in [6, 6.07) is 4.79. The van der Waals surface area contributed by atoms with E-state index in [0.29, 0.717) is 8.98 Å². The topological polar surface area (TPSA) is 158 Å². The van der Waals surface area contributed by atoms with Crippen LogP contribution in [-0.2, 0) is 15.0 Å². The van der Waals surface area contributed by atoms with Crippen molar-refractivity contribution >= 4 is 62.9 Å². The average molecular weight is 619 g/mol. The minimum absolute atomic E-state index is 0.00648. The van der Waals surface area contributed by atoms with Crippen LogP contribution in [0, 0.1) is 17.6 Å². The van der Waals surface area contributed by atoms with Crippen molar-refractivity contribution in [1.29, 1.82) is 0 Å². The Morgan fingerprint density at radius 1 is 1.26 bits per heavy atom. The fourth-order valence-corrected chi connectivity index (χ4v) is 7.16. The fraction of sp³-hybridized carbons (Fsp3) is 0.308. The number of carboxylic acids is 1. The van der Waals surface area contributed by atoms with E-state index in [2.05, 4.69) is 15.1 Å². The summed E-state index contributed by atoms with van der Waals surface area (Å²) in [6.45, 7) is 3.00. The van der Waals surface area contributed by atoms with Crippen molar-refractivity contribution < 1.29 is 40.8 Å². The molecular formula is C26H24AlF3N5O6S. The number of nitrogens with one attached hydrogen (secondary N) is 2. The van der Waals surface area contributed by atoms with Gasteiger partial charge in [0.2, 0.25) is 5.78 Å². The minimum Gasteiger partial charge on any atom is -0.481 e. The van der Waals surface area contributed by atoms with E-state index in [1.54, 1.807) is 26.0 Å². The number of hydrogen-bond donors (Lipinski definition) is 3. The molecule has 11 nitrogen and oxygen atoms in total. The second-order valence-corrected chi connectivity index (χ2v) is 13.4. The van der Waals surface area contributed by atoms with Gasteiger partial charge in [0, 0.05) is 41.0 Å². The third-order valence-corrected chi connectivity index (χ3v) is 9.59. The molecule has 5 rings (SSSR count). The number of benzene rings is 1. The molecule has 219 valence electrons. The number of ketones is 1. The molecule has 4 heterocycles. The van der Waals surface area contributed by atoms with Gasteiger partial charge in [0.1, 0.15) is 29.3 Å². The van der Waals surface area contributed by atoms with Crippen molar-refractivity contribution in [2.75, 3.05) is 17.8 Å². The highest BCUT2D eigenvalue weighted by atomic mass is 32.2. The lowest BCUT2D eigenvalue weighted by Crippen LogP contribution is -2.34. The van der Waals surface area contributed by atoms with Crippen LogP contribution in [0.5, 0.6) is 0 Å². The number of aromatic nitrogens is 3. The molecule has 42 heavy (non-hydrogen) atoms. The van der Waals surface area contributed by atoms with Crippen LogP contribution in [0.15, 0.2) is 41.2 Å². The minimum atomic E-state index is -4.35. The largest absolute Gasteiger partial charge is 0.481 e. The van der Waals surface area contributed by atoms with Crippen molar-refractivity contribution in [1.82, 2.24) is 19.4 Å². The van der Waals surface area contributed by atoms with Crippen molar-refractivity contribution in [2.45, 2.75) is 32.4 Å². The molecule has 1 aliphatic rings. The predicted octanol–water partition coefficient (Wildman–Crippen LogP) is 2.24. The lowest BCUT2D eigenvalue weighted by Gasteiger charge is -2.18. The molecule has 0 bridgehead atoms. The van der Waals surface area contributed by atoms with Crippen LogP contribution in [-0.4, -0.2) is 79.2 Å². The molecule has 1 aromatic carbocycles. The number of H-pyrrole nitrogens is 1. The van der Waals surface area contributed by atoms with Crippen LogP contribution in [0.1, 0.15) is 47.9 Å². The molecule has 3 N–H and O–H groups in total. The van der Waals surface area contributed by atoms with Crippen LogP contribution in [0.25, 0.3) is 11.0 Å². The number of fused-ring (bicyclic) bond motifs is 1. The molecule has 1 unspecified atom stereocenters. The molecule has 1 radical (unpaired) electrons. The number of carbonyl (C=O) groups is 2. The Labute approximate surface area is 244 Å². The monoisotopic (exact) mass is 618 g/mol. The maximum absolute atomic E-state index is 15.5. The van der Waals surface area contributed by atoms with E-state index < -0.39 is 78.7 Å². The Morgan fingerprint density at radius 2 is 2.02 bits per heavy atom. The molecule has 0 amide bonds. The quantitative estimate of drug-likeness (QED) is 0.180. The maximum Gasteiger partial charge on any atom is 0.338 e. The summed E-state index contributed by atoms with van der Waals surface area (Å²) in [7, 11) is -4.35. The predicted molar refractivity (Wildman–Crippen MR) is 146 cm³/mol. The number of aromatic amines is 1. The number of anilines is 1. The van der Waals surface area contributed by atoms with Gasteiger partial charge < -0.3 is 14.6 Å². The lowest BCUT2D eigenvalue weighted by atomic mass is 9.94. The summed E-state index contributed by atoms with van der Waals surface area (Å²) in [4.78, 5) is 32.1. The van der Waals surface area contributed by atoms with Gasteiger partial charge in [0.15, 0.2) is 5.82 Å². The fourth-order valence-electron chi connectivity index (χ4n) is 4.79. The van der Waals surface area contributed by atoms with Crippen LogP contribution < -0.4 is 13.7 Å². The highest BCUT2D eigenvalue weighted by Crippen LogP contribution is 2.28.